The maximum atomic E-state index is 8.78. The Kier molecular flexibility index (Phi) is 4.32. The molecule has 0 bridgehead atoms. The second-order valence-corrected chi connectivity index (χ2v) is 3.83. The number of aromatic nitrogens is 1. The molecule has 0 saturated carbocycles. The van der Waals surface area contributed by atoms with Crippen molar-refractivity contribution in [2.75, 3.05) is 18.5 Å². The van der Waals surface area contributed by atoms with Gasteiger partial charge in [0.25, 0.3) is 0 Å². The molecule has 0 spiro atoms. The minimum atomic E-state index is 0.382. The number of rotatable bonds is 5. The third kappa shape index (κ3) is 3.69. The Balaban J connectivity index is 2.04. The van der Waals surface area contributed by atoms with Crippen LogP contribution in [0.25, 0.3) is 0 Å². The molecule has 0 amide bonds. The van der Waals surface area contributed by atoms with E-state index in [9.17, 15) is 0 Å². The second kappa shape index (κ2) is 6.38. The van der Waals surface area contributed by atoms with E-state index in [1.54, 1.807) is 18.3 Å². The number of anilines is 2. The third-order valence-corrected chi connectivity index (χ3v) is 2.40. The molecule has 1 aromatic heterocycles. The van der Waals surface area contributed by atoms with Gasteiger partial charge in [-0.3, -0.25) is 0 Å². The number of nitriles is 1. The van der Waals surface area contributed by atoms with Crippen LogP contribution in [0, 0.1) is 11.3 Å². The largest absolute Gasteiger partial charge is 0.492 e. The van der Waals surface area contributed by atoms with E-state index < -0.39 is 0 Å². The topological polar surface area (TPSA) is 84.0 Å². The number of hydrogen-bond acceptors (Lipinski definition) is 5. The zero-order valence-electron chi connectivity index (χ0n) is 10.3. The highest BCUT2D eigenvalue weighted by Crippen LogP contribution is 2.20. The van der Waals surface area contributed by atoms with Crippen molar-refractivity contribution in [3.05, 3.63) is 48.3 Å². The van der Waals surface area contributed by atoms with E-state index in [0.29, 0.717) is 18.8 Å². The average Bonchev–Trinajstić information content (AvgIpc) is 2.47. The molecule has 0 aliphatic rings. The van der Waals surface area contributed by atoms with Crippen LogP contribution < -0.4 is 15.8 Å². The Labute approximate surface area is 111 Å². The molecule has 3 N–H and O–H groups in total. The molecule has 96 valence electrons. The molecule has 0 aliphatic heterocycles. The van der Waals surface area contributed by atoms with Crippen LogP contribution in [0.15, 0.2) is 42.6 Å². The van der Waals surface area contributed by atoms with Gasteiger partial charge in [0.05, 0.1) is 0 Å². The van der Waals surface area contributed by atoms with Crippen molar-refractivity contribution in [1.29, 1.82) is 5.26 Å². The van der Waals surface area contributed by atoms with Gasteiger partial charge in [-0.1, -0.05) is 0 Å². The quantitative estimate of drug-likeness (QED) is 0.853. The predicted octanol–water partition coefficient (Wildman–Crippen LogP) is 2.03. The van der Waals surface area contributed by atoms with Crippen molar-refractivity contribution in [2.24, 2.45) is 5.73 Å². The van der Waals surface area contributed by atoms with Gasteiger partial charge in [-0.05, 0) is 36.4 Å². The zero-order chi connectivity index (χ0) is 13.5. The molecule has 5 nitrogen and oxygen atoms in total. The predicted molar refractivity (Wildman–Crippen MR) is 73.2 cm³/mol. The first kappa shape index (κ1) is 12.9. The van der Waals surface area contributed by atoms with Gasteiger partial charge in [0.15, 0.2) is 0 Å². The molecular weight excluding hydrogens is 240 g/mol. The van der Waals surface area contributed by atoms with E-state index in [1.807, 2.05) is 30.3 Å². The summed E-state index contributed by atoms with van der Waals surface area (Å²) in [6.45, 7) is 0.997. The number of nitrogens with zero attached hydrogens (tertiary/aromatic N) is 2. The molecule has 2 aromatic rings. The molecular formula is C14H14N4O. The number of pyridine rings is 1. The van der Waals surface area contributed by atoms with Crippen LogP contribution in [0.5, 0.6) is 5.75 Å². The molecule has 0 radical (unpaired) electrons. The van der Waals surface area contributed by atoms with Crippen LogP contribution in [0.3, 0.4) is 0 Å². The van der Waals surface area contributed by atoms with E-state index in [2.05, 4.69) is 10.3 Å². The van der Waals surface area contributed by atoms with Gasteiger partial charge in [-0.25, -0.2) is 4.98 Å². The fraction of sp³-hybridized carbons (Fsp3) is 0.143. The summed E-state index contributed by atoms with van der Waals surface area (Å²) in [4.78, 5) is 3.91. The van der Waals surface area contributed by atoms with Gasteiger partial charge in [0.1, 0.15) is 24.1 Å². The standard InChI is InChI=1S/C14H14N4O/c15-6-8-19-14-3-1-11(2-4-14)18-12-5-7-17-13(9-12)10-16/h1-5,7,9H,6,8,15H2,(H,17,18). The molecule has 5 heteroatoms. The molecule has 1 aromatic carbocycles. The SMILES string of the molecule is N#Cc1cc(Nc2ccc(OCCN)cc2)ccn1. The Bertz CT molecular complexity index is 575. The third-order valence-electron chi connectivity index (χ3n) is 2.40. The average molecular weight is 254 g/mol. The van der Waals surface area contributed by atoms with Crippen LogP contribution in [0.4, 0.5) is 11.4 Å². The van der Waals surface area contributed by atoms with Crippen molar-refractivity contribution in [1.82, 2.24) is 4.98 Å². The summed E-state index contributed by atoms with van der Waals surface area (Å²) in [5.74, 6) is 0.781. The normalized spacial score (nSPS) is 9.68. The molecule has 0 unspecified atom stereocenters. The maximum Gasteiger partial charge on any atom is 0.142 e. The highest BCUT2D eigenvalue weighted by molar-refractivity contribution is 5.60. The smallest absolute Gasteiger partial charge is 0.142 e. The van der Waals surface area contributed by atoms with Gasteiger partial charge in [-0.2, -0.15) is 5.26 Å². The van der Waals surface area contributed by atoms with E-state index >= 15 is 0 Å². The first-order valence-corrected chi connectivity index (χ1v) is 5.88. The number of hydrogen-bond donors (Lipinski definition) is 2. The van der Waals surface area contributed by atoms with Crippen molar-refractivity contribution >= 4 is 11.4 Å². The van der Waals surface area contributed by atoms with Crippen LogP contribution >= 0.6 is 0 Å². The second-order valence-electron chi connectivity index (χ2n) is 3.83. The first-order chi connectivity index (χ1) is 9.31. The molecule has 0 saturated heterocycles. The van der Waals surface area contributed by atoms with E-state index in [4.69, 9.17) is 15.7 Å². The van der Waals surface area contributed by atoms with Gasteiger partial charge in [-0.15, -0.1) is 0 Å². The van der Waals surface area contributed by atoms with Crippen LogP contribution in [-0.4, -0.2) is 18.1 Å². The van der Waals surface area contributed by atoms with Crippen molar-refractivity contribution in [2.45, 2.75) is 0 Å². The lowest BCUT2D eigenvalue weighted by Crippen LogP contribution is -2.10. The minimum absolute atomic E-state index is 0.382. The number of benzene rings is 1. The minimum Gasteiger partial charge on any atom is -0.492 e. The first-order valence-electron chi connectivity index (χ1n) is 5.88. The van der Waals surface area contributed by atoms with Crippen molar-refractivity contribution < 1.29 is 4.74 Å². The van der Waals surface area contributed by atoms with Crippen molar-refractivity contribution in [3.8, 4) is 11.8 Å². The number of nitrogens with one attached hydrogen (secondary N) is 1. The summed E-state index contributed by atoms with van der Waals surface area (Å²) in [6.07, 6.45) is 1.60. The van der Waals surface area contributed by atoms with Crippen LogP contribution in [0.1, 0.15) is 5.69 Å². The summed E-state index contributed by atoms with van der Waals surface area (Å²) in [5, 5.41) is 12.0. The Hall–Kier alpha value is -2.58. The lowest BCUT2D eigenvalue weighted by molar-refractivity contribution is 0.328. The van der Waals surface area contributed by atoms with E-state index in [0.717, 1.165) is 17.1 Å². The molecule has 2 rings (SSSR count). The van der Waals surface area contributed by atoms with Crippen molar-refractivity contribution in [3.63, 3.8) is 0 Å². The van der Waals surface area contributed by atoms with Gasteiger partial charge in [0, 0.05) is 24.1 Å². The summed E-state index contributed by atoms with van der Waals surface area (Å²) < 4.78 is 5.39. The molecule has 0 aliphatic carbocycles. The zero-order valence-corrected chi connectivity index (χ0v) is 10.3. The highest BCUT2D eigenvalue weighted by Gasteiger charge is 1.98. The number of ether oxygens (including phenoxy) is 1. The maximum absolute atomic E-state index is 8.78. The van der Waals surface area contributed by atoms with Gasteiger partial charge < -0.3 is 15.8 Å². The van der Waals surface area contributed by atoms with Gasteiger partial charge >= 0.3 is 0 Å². The Morgan fingerprint density at radius 2 is 2.00 bits per heavy atom. The molecule has 0 fully saturated rings. The van der Waals surface area contributed by atoms with Crippen LogP contribution in [-0.2, 0) is 0 Å². The monoisotopic (exact) mass is 254 g/mol. The highest BCUT2D eigenvalue weighted by atomic mass is 16.5. The van der Waals surface area contributed by atoms with E-state index in [1.165, 1.54) is 0 Å². The summed E-state index contributed by atoms with van der Waals surface area (Å²) in [6, 6.07) is 13.0. The summed E-state index contributed by atoms with van der Waals surface area (Å²) in [7, 11) is 0. The van der Waals surface area contributed by atoms with E-state index in [-0.39, 0.29) is 0 Å². The molecule has 1 heterocycles. The van der Waals surface area contributed by atoms with Gasteiger partial charge in [0.2, 0.25) is 0 Å². The lowest BCUT2D eigenvalue weighted by Gasteiger charge is -2.08. The number of nitrogens with two attached hydrogens (primary N) is 1. The summed E-state index contributed by atoms with van der Waals surface area (Å²) in [5.41, 5.74) is 7.48. The summed E-state index contributed by atoms with van der Waals surface area (Å²) >= 11 is 0. The fourth-order valence-corrected chi connectivity index (χ4v) is 1.55. The molecule has 0 atom stereocenters. The molecule has 19 heavy (non-hydrogen) atoms. The lowest BCUT2D eigenvalue weighted by atomic mass is 10.2. The Morgan fingerprint density at radius 1 is 1.21 bits per heavy atom. The Morgan fingerprint density at radius 3 is 2.68 bits per heavy atom. The fourth-order valence-electron chi connectivity index (χ4n) is 1.55. The van der Waals surface area contributed by atoms with Crippen LogP contribution in [0.2, 0.25) is 0 Å².